The fourth-order valence-electron chi connectivity index (χ4n) is 2.00. The van der Waals surface area contributed by atoms with Gasteiger partial charge in [0.1, 0.15) is 11.4 Å². The van der Waals surface area contributed by atoms with Crippen LogP contribution in [0.25, 0.3) is 5.69 Å². The lowest BCUT2D eigenvalue weighted by atomic mass is 10.2. The van der Waals surface area contributed by atoms with Gasteiger partial charge < -0.3 is 4.74 Å². The maximum absolute atomic E-state index is 6.00. The molecule has 0 aliphatic rings. The first kappa shape index (κ1) is 14.9. The molecule has 1 aromatic heterocycles. The molecule has 0 fully saturated rings. The minimum atomic E-state index is 0.699. The third-order valence-corrected chi connectivity index (χ3v) is 4.24. The Morgan fingerprint density at radius 2 is 2.05 bits per heavy atom. The number of nitrogens with zero attached hydrogens (tertiary/aromatic N) is 4. The van der Waals surface area contributed by atoms with Crippen LogP contribution in [0.4, 0.5) is 0 Å². The lowest BCUT2D eigenvalue weighted by Crippen LogP contribution is -2.01. The van der Waals surface area contributed by atoms with Crippen LogP contribution >= 0.6 is 23.4 Å². The van der Waals surface area contributed by atoms with Gasteiger partial charge >= 0.3 is 0 Å². The molecule has 3 aromatic rings. The van der Waals surface area contributed by atoms with Crippen LogP contribution in [-0.2, 0) is 5.75 Å². The molecule has 0 radical (unpaired) electrons. The molecule has 2 aromatic carbocycles. The Balaban J connectivity index is 1.83. The van der Waals surface area contributed by atoms with Crippen LogP contribution in [0.2, 0.25) is 5.02 Å². The Bertz CT molecular complexity index is 777. The third kappa shape index (κ3) is 3.23. The van der Waals surface area contributed by atoms with Gasteiger partial charge in [-0.25, -0.2) is 0 Å². The molecule has 0 saturated carbocycles. The van der Waals surface area contributed by atoms with Gasteiger partial charge in [-0.15, -0.1) is 5.10 Å². The van der Waals surface area contributed by atoms with Crippen molar-refractivity contribution in [2.24, 2.45) is 0 Å². The van der Waals surface area contributed by atoms with Gasteiger partial charge in [-0.1, -0.05) is 47.6 Å². The van der Waals surface area contributed by atoms with Crippen molar-refractivity contribution >= 4 is 23.4 Å². The normalized spacial score (nSPS) is 10.6. The van der Waals surface area contributed by atoms with E-state index in [4.69, 9.17) is 16.3 Å². The second-order valence-corrected chi connectivity index (χ2v) is 5.84. The predicted molar refractivity (Wildman–Crippen MR) is 86.7 cm³/mol. The Labute approximate surface area is 137 Å². The van der Waals surface area contributed by atoms with E-state index in [9.17, 15) is 0 Å². The first-order chi connectivity index (χ1) is 10.8. The highest BCUT2D eigenvalue weighted by Gasteiger charge is 2.13. The topological polar surface area (TPSA) is 52.8 Å². The Hall–Kier alpha value is -2.05. The number of para-hydroxylation sites is 2. The van der Waals surface area contributed by atoms with Crippen molar-refractivity contribution < 1.29 is 4.74 Å². The SMILES string of the molecule is COc1ccccc1-n1nnnc1SCc1cccc(Cl)c1. The summed E-state index contributed by atoms with van der Waals surface area (Å²) in [5, 5.41) is 13.3. The molecule has 5 nitrogen and oxygen atoms in total. The van der Waals surface area contributed by atoms with Crippen LogP contribution in [0.15, 0.2) is 53.7 Å². The molecule has 3 rings (SSSR count). The summed E-state index contributed by atoms with van der Waals surface area (Å²) in [6.45, 7) is 0. The number of methoxy groups -OCH3 is 1. The van der Waals surface area contributed by atoms with Gasteiger partial charge in [0.15, 0.2) is 0 Å². The van der Waals surface area contributed by atoms with Crippen molar-refractivity contribution in [1.29, 1.82) is 0 Å². The average Bonchev–Trinajstić information content (AvgIpc) is 3.01. The smallest absolute Gasteiger partial charge is 0.214 e. The number of ether oxygens (including phenoxy) is 1. The number of tetrazole rings is 1. The van der Waals surface area contributed by atoms with Crippen molar-refractivity contribution in [3.05, 3.63) is 59.1 Å². The lowest BCUT2D eigenvalue weighted by Gasteiger charge is -2.09. The quantitative estimate of drug-likeness (QED) is 0.668. The zero-order valence-corrected chi connectivity index (χ0v) is 13.4. The van der Waals surface area contributed by atoms with Crippen LogP contribution in [0.1, 0.15) is 5.56 Å². The molecular weight excluding hydrogens is 320 g/mol. The molecule has 7 heteroatoms. The van der Waals surface area contributed by atoms with E-state index in [0.29, 0.717) is 5.16 Å². The summed E-state index contributed by atoms with van der Waals surface area (Å²) in [6, 6.07) is 15.4. The van der Waals surface area contributed by atoms with Crippen molar-refractivity contribution in [3.63, 3.8) is 0 Å². The van der Waals surface area contributed by atoms with E-state index in [1.165, 1.54) is 0 Å². The van der Waals surface area contributed by atoms with Crippen LogP contribution in [-0.4, -0.2) is 27.3 Å². The highest BCUT2D eigenvalue weighted by Crippen LogP contribution is 2.27. The largest absolute Gasteiger partial charge is 0.494 e. The number of rotatable bonds is 5. The summed E-state index contributed by atoms with van der Waals surface area (Å²) in [6.07, 6.45) is 0. The summed E-state index contributed by atoms with van der Waals surface area (Å²) in [4.78, 5) is 0. The summed E-state index contributed by atoms with van der Waals surface area (Å²) in [5.74, 6) is 1.45. The first-order valence-corrected chi connectivity index (χ1v) is 7.93. The zero-order chi connectivity index (χ0) is 15.4. The van der Waals surface area contributed by atoms with Crippen molar-refractivity contribution in [1.82, 2.24) is 20.2 Å². The van der Waals surface area contributed by atoms with Gasteiger partial charge in [0.25, 0.3) is 0 Å². The minimum absolute atomic E-state index is 0.699. The van der Waals surface area contributed by atoms with Crippen molar-refractivity contribution in [3.8, 4) is 11.4 Å². The molecule has 22 heavy (non-hydrogen) atoms. The summed E-state index contributed by atoms with van der Waals surface area (Å²) >= 11 is 7.54. The highest BCUT2D eigenvalue weighted by molar-refractivity contribution is 7.98. The number of hydrogen-bond donors (Lipinski definition) is 0. The van der Waals surface area contributed by atoms with Gasteiger partial charge in [-0.3, -0.25) is 0 Å². The van der Waals surface area contributed by atoms with E-state index >= 15 is 0 Å². The fraction of sp³-hybridized carbons (Fsp3) is 0.133. The third-order valence-electron chi connectivity index (χ3n) is 3.01. The van der Waals surface area contributed by atoms with Gasteiger partial charge in [0.05, 0.1) is 7.11 Å². The zero-order valence-electron chi connectivity index (χ0n) is 11.8. The molecular formula is C15H13ClN4OS. The predicted octanol–water partition coefficient (Wildman–Crippen LogP) is 3.62. The van der Waals surface area contributed by atoms with E-state index in [1.54, 1.807) is 23.6 Å². The Morgan fingerprint density at radius 3 is 2.86 bits per heavy atom. The molecule has 0 unspecified atom stereocenters. The van der Waals surface area contributed by atoms with Crippen molar-refractivity contribution in [2.75, 3.05) is 7.11 Å². The maximum atomic E-state index is 6.00. The number of thioether (sulfide) groups is 1. The molecule has 112 valence electrons. The number of hydrogen-bond acceptors (Lipinski definition) is 5. The summed E-state index contributed by atoms with van der Waals surface area (Å²) < 4.78 is 7.03. The molecule has 0 saturated heterocycles. The van der Waals surface area contributed by atoms with Gasteiger partial charge in [0, 0.05) is 10.8 Å². The van der Waals surface area contributed by atoms with Gasteiger partial charge in [0.2, 0.25) is 5.16 Å². The van der Waals surface area contributed by atoms with E-state index in [-0.39, 0.29) is 0 Å². The van der Waals surface area contributed by atoms with Gasteiger partial charge in [-0.2, -0.15) is 4.68 Å². The first-order valence-electron chi connectivity index (χ1n) is 6.57. The van der Waals surface area contributed by atoms with Crippen LogP contribution in [0.5, 0.6) is 5.75 Å². The standard InChI is InChI=1S/C15H13ClN4OS/c1-21-14-8-3-2-7-13(14)20-15(17-18-19-20)22-10-11-5-4-6-12(16)9-11/h2-9H,10H2,1H3. The summed E-state index contributed by atoms with van der Waals surface area (Å²) in [7, 11) is 1.63. The monoisotopic (exact) mass is 332 g/mol. The molecule has 0 aliphatic heterocycles. The van der Waals surface area contributed by atoms with E-state index in [2.05, 4.69) is 15.5 Å². The second-order valence-electron chi connectivity index (χ2n) is 4.46. The molecule has 0 N–H and O–H groups in total. The Kier molecular flexibility index (Phi) is 4.60. The number of aromatic nitrogens is 4. The van der Waals surface area contributed by atoms with Crippen LogP contribution < -0.4 is 4.74 Å². The minimum Gasteiger partial charge on any atom is -0.494 e. The van der Waals surface area contributed by atoms with Crippen molar-refractivity contribution in [2.45, 2.75) is 10.9 Å². The second kappa shape index (κ2) is 6.81. The molecule has 0 spiro atoms. The Morgan fingerprint density at radius 1 is 1.18 bits per heavy atom. The molecule has 1 heterocycles. The summed E-state index contributed by atoms with van der Waals surface area (Å²) in [5.41, 5.74) is 1.93. The highest BCUT2D eigenvalue weighted by atomic mass is 35.5. The molecule has 0 amide bonds. The fourth-order valence-corrected chi connectivity index (χ4v) is 3.04. The average molecular weight is 333 g/mol. The number of benzene rings is 2. The van der Waals surface area contributed by atoms with E-state index < -0.39 is 0 Å². The van der Waals surface area contributed by atoms with Gasteiger partial charge in [-0.05, 0) is 40.3 Å². The van der Waals surface area contributed by atoms with Crippen LogP contribution in [0, 0.1) is 0 Å². The van der Waals surface area contributed by atoms with E-state index in [0.717, 1.165) is 27.8 Å². The lowest BCUT2D eigenvalue weighted by molar-refractivity contribution is 0.410. The van der Waals surface area contributed by atoms with E-state index in [1.807, 2.05) is 48.5 Å². The molecule has 0 bridgehead atoms. The van der Waals surface area contributed by atoms with Crippen LogP contribution in [0.3, 0.4) is 0 Å². The number of halogens is 1. The molecule has 0 aliphatic carbocycles. The maximum Gasteiger partial charge on any atom is 0.214 e. The molecule has 0 atom stereocenters.